The van der Waals surface area contributed by atoms with Crippen LogP contribution in [0.15, 0.2) is 53.1 Å². The van der Waals surface area contributed by atoms with E-state index in [-0.39, 0.29) is 17.8 Å². The number of hydrogen-bond acceptors (Lipinski definition) is 5. The van der Waals surface area contributed by atoms with E-state index in [4.69, 9.17) is 21.2 Å². The summed E-state index contributed by atoms with van der Waals surface area (Å²) in [7, 11) is 0. The minimum absolute atomic E-state index is 0.174. The smallest absolute Gasteiger partial charge is 0.306 e. The van der Waals surface area contributed by atoms with Crippen LogP contribution in [-0.2, 0) is 11.2 Å². The summed E-state index contributed by atoms with van der Waals surface area (Å²) in [5.74, 6) is 0.194. The summed E-state index contributed by atoms with van der Waals surface area (Å²) in [4.78, 5) is 15.7. The molecule has 200 valence electrons. The molecule has 0 amide bonds. The number of aromatic nitrogens is 2. The van der Waals surface area contributed by atoms with Crippen molar-refractivity contribution in [2.45, 2.75) is 45.6 Å². The number of fused-ring (bicyclic) bond motifs is 1. The molecule has 2 aliphatic rings. The molecule has 1 aromatic heterocycles. The van der Waals surface area contributed by atoms with Gasteiger partial charge in [-0.1, -0.05) is 41.0 Å². The Balaban J connectivity index is 1.17. The molecule has 0 aliphatic heterocycles. The topological polar surface area (TPSA) is 88.2 Å². The Labute approximate surface area is 231 Å². The van der Waals surface area contributed by atoms with Gasteiger partial charge in [-0.3, -0.25) is 4.79 Å². The summed E-state index contributed by atoms with van der Waals surface area (Å²) in [5, 5.41) is 17.3. The van der Waals surface area contributed by atoms with Gasteiger partial charge in [0.15, 0.2) is 0 Å². The molecule has 1 heterocycles. The van der Waals surface area contributed by atoms with Crippen LogP contribution in [0.3, 0.4) is 0 Å². The molecule has 0 saturated heterocycles. The number of halogens is 2. The first-order valence-electron chi connectivity index (χ1n) is 13.3. The minimum atomic E-state index is -0.677. The number of carbonyl (C=O) groups is 1. The molecule has 2 N–H and O–H groups in total. The van der Waals surface area contributed by atoms with Crippen LogP contribution in [0.4, 0.5) is 4.39 Å². The summed E-state index contributed by atoms with van der Waals surface area (Å²) in [6, 6.07) is 15.5. The van der Waals surface area contributed by atoms with Gasteiger partial charge in [-0.05, 0) is 104 Å². The number of nitrogens with zero attached hydrogens (tertiary/aromatic N) is 2. The molecule has 1 saturated carbocycles. The van der Waals surface area contributed by atoms with Crippen LogP contribution in [0.5, 0.6) is 0 Å². The molecule has 4 aromatic rings. The van der Waals surface area contributed by atoms with Gasteiger partial charge in [0.25, 0.3) is 5.89 Å². The molecule has 6 rings (SSSR count). The average Bonchev–Trinajstić information content (AvgIpc) is 3.54. The van der Waals surface area contributed by atoms with Crippen LogP contribution in [0.1, 0.15) is 47.6 Å². The Morgan fingerprint density at radius 2 is 1.90 bits per heavy atom. The summed E-state index contributed by atoms with van der Waals surface area (Å²) in [5.41, 5.74) is 6.73. The quantitative estimate of drug-likeness (QED) is 0.256. The third-order valence-corrected chi connectivity index (χ3v) is 8.48. The molecule has 1 unspecified atom stereocenters. The summed E-state index contributed by atoms with van der Waals surface area (Å²) in [6.45, 7) is 4.49. The Hall–Kier alpha value is -3.55. The Kier molecular flexibility index (Phi) is 6.73. The maximum absolute atomic E-state index is 14.9. The number of carboxylic acid groups (broad SMARTS) is 1. The zero-order valence-electron chi connectivity index (χ0n) is 21.8. The van der Waals surface area contributed by atoms with E-state index in [9.17, 15) is 9.18 Å². The molecule has 1 atom stereocenters. The molecular weight excluding hydrogens is 517 g/mol. The van der Waals surface area contributed by atoms with Crippen molar-refractivity contribution < 1.29 is 18.8 Å². The Morgan fingerprint density at radius 1 is 1.10 bits per heavy atom. The van der Waals surface area contributed by atoms with Gasteiger partial charge in [0.2, 0.25) is 5.82 Å². The van der Waals surface area contributed by atoms with Crippen molar-refractivity contribution >= 4 is 17.6 Å². The first-order valence-corrected chi connectivity index (χ1v) is 13.7. The second-order valence-electron chi connectivity index (χ2n) is 10.8. The number of rotatable bonds is 7. The highest BCUT2D eigenvalue weighted by atomic mass is 35.5. The number of hydrogen-bond donors (Lipinski definition) is 2. The Bertz CT molecular complexity index is 1580. The fourth-order valence-corrected chi connectivity index (χ4v) is 6.07. The normalized spacial score (nSPS) is 20.1. The molecule has 39 heavy (non-hydrogen) atoms. The van der Waals surface area contributed by atoms with Crippen LogP contribution in [0.25, 0.3) is 34.0 Å². The monoisotopic (exact) mass is 545 g/mol. The maximum Gasteiger partial charge on any atom is 0.306 e. The van der Waals surface area contributed by atoms with Crippen LogP contribution in [-0.4, -0.2) is 27.8 Å². The molecule has 0 spiro atoms. The summed E-state index contributed by atoms with van der Waals surface area (Å²) >= 11 is 6.34. The fourth-order valence-electron chi connectivity index (χ4n) is 5.82. The highest BCUT2D eigenvalue weighted by molar-refractivity contribution is 6.33. The zero-order chi connectivity index (χ0) is 27.3. The van der Waals surface area contributed by atoms with Crippen molar-refractivity contribution in [3.63, 3.8) is 0 Å². The van der Waals surface area contributed by atoms with E-state index in [0.717, 1.165) is 54.5 Å². The van der Waals surface area contributed by atoms with E-state index < -0.39 is 5.97 Å². The highest BCUT2D eigenvalue weighted by Gasteiger charge is 2.35. The number of nitrogens with one attached hydrogen (secondary N) is 1. The van der Waals surface area contributed by atoms with E-state index in [0.29, 0.717) is 33.8 Å². The van der Waals surface area contributed by atoms with Gasteiger partial charge in [0.05, 0.1) is 10.9 Å². The standard InChI is InChI=1S/C31H29ClFN3O3/c1-16-3-9-25(32)27(28(16)33)23-7-5-21(11-17(23)2)30-35-29(36-39-30)20-4-8-24-19(14-20)6-10-26(24)34-15-18-12-22(13-18)31(37)38/h3-5,7-9,11,14,18,22,26,34H,6,10,12-13,15H2,1-2H3,(H,37,38). The van der Waals surface area contributed by atoms with Crippen LogP contribution in [0.2, 0.25) is 5.02 Å². The number of benzene rings is 3. The van der Waals surface area contributed by atoms with Gasteiger partial charge in [-0.25, -0.2) is 4.39 Å². The number of aryl methyl sites for hydroxylation is 3. The predicted octanol–water partition coefficient (Wildman–Crippen LogP) is 7.17. The van der Waals surface area contributed by atoms with Crippen molar-refractivity contribution in [2.75, 3.05) is 6.54 Å². The molecular formula is C31H29ClFN3O3. The first kappa shape index (κ1) is 25.7. The average molecular weight is 546 g/mol. The van der Waals surface area contributed by atoms with Gasteiger partial charge in [-0.2, -0.15) is 4.98 Å². The minimum Gasteiger partial charge on any atom is -0.481 e. The second kappa shape index (κ2) is 10.2. The fraction of sp³-hybridized carbons (Fsp3) is 0.323. The van der Waals surface area contributed by atoms with E-state index in [1.165, 1.54) is 11.1 Å². The molecule has 3 aromatic carbocycles. The molecule has 6 nitrogen and oxygen atoms in total. The van der Waals surface area contributed by atoms with E-state index >= 15 is 0 Å². The van der Waals surface area contributed by atoms with Crippen LogP contribution >= 0.6 is 11.6 Å². The van der Waals surface area contributed by atoms with Gasteiger partial charge in [0, 0.05) is 22.7 Å². The van der Waals surface area contributed by atoms with Gasteiger partial charge in [0.1, 0.15) is 5.82 Å². The van der Waals surface area contributed by atoms with Crippen molar-refractivity contribution in [3.05, 3.63) is 81.6 Å². The molecule has 0 radical (unpaired) electrons. The van der Waals surface area contributed by atoms with Gasteiger partial charge in [-0.15, -0.1) is 0 Å². The van der Waals surface area contributed by atoms with Crippen LogP contribution < -0.4 is 5.32 Å². The van der Waals surface area contributed by atoms with Crippen molar-refractivity contribution in [1.29, 1.82) is 0 Å². The van der Waals surface area contributed by atoms with E-state index in [1.807, 2.05) is 31.2 Å². The third kappa shape index (κ3) is 4.85. The van der Waals surface area contributed by atoms with E-state index in [1.54, 1.807) is 19.1 Å². The van der Waals surface area contributed by atoms with Crippen molar-refractivity contribution in [2.24, 2.45) is 11.8 Å². The lowest BCUT2D eigenvalue weighted by Gasteiger charge is -2.33. The Morgan fingerprint density at radius 3 is 2.67 bits per heavy atom. The van der Waals surface area contributed by atoms with Gasteiger partial charge >= 0.3 is 5.97 Å². The number of carboxylic acids is 1. The molecule has 8 heteroatoms. The third-order valence-electron chi connectivity index (χ3n) is 8.17. The van der Waals surface area contributed by atoms with Crippen molar-refractivity contribution in [3.8, 4) is 34.0 Å². The lowest BCUT2D eigenvalue weighted by Crippen LogP contribution is -2.37. The second-order valence-corrected chi connectivity index (χ2v) is 11.2. The van der Waals surface area contributed by atoms with E-state index in [2.05, 4.69) is 27.6 Å². The lowest BCUT2D eigenvalue weighted by atomic mass is 9.75. The highest BCUT2D eigenvalue weighted by Crippen LogP contribution is 2.38. The lowest BCUT2D eigenvalue weighted by molar-refractivity contribution is -0.146. The summed E-state index contributed by atoms with van der Waals surface area (Å²) < 4.78 is 20.5. The maximum atomic E-state index is 14.9. The molecule has 2 aliphatic carbocycles. The molecule has 0 bridgehead atoms. The summed E-state index contributed by atoms with van der Waals surface area (Å²) in [6.07, 6.45) is 3.51. The molecule has 1 fully saturated rings. The predicted molar refractivity (Wildman–Crippen MR) is 148 cm³/mol. The first-order chi connectivity index (χ1) is 18.8. The van der Waals surface area contributed by atoms with Gasteiger partial charge < -0.3 is 14.9 Å². The SMILES string of the molecule is Cc1cc(-c2nc(-c3ccc4c(c3)CCC4NCC3CC(C(=O)O)C3)no2)ccc1-c1c(Cl)ccc(C)c1F. The van der Waals surface area contributed by atoms with Crippen molar-refractivity contribution in [1.82, 2.24) is 15.5 Å². The zero-order valence-corrected chi connectivity index (χ0v) is 22.6. The largest absolute Gasteiger partial charge is 0.481 e. The number of aliphatic carboxylic acids is 1. The van der Waals surface area contributed by atoms with Crippen LogP contribution in [0, 0.1) is 31.5 Å².